The van der Waals surface area contributed by atoms with E-state index in [0.717, 1.165) is 24.8 Å². The van der Waals surface area contributed by atoms with Crippen molar-refractivity contribution in [1.29, 1.82) is 0 Å². The van der Waals surface area contributed by atoms with Gasteiger partial charge in [-0.3, -0.25) is 9.36 Å². The number of unbranched alkanes of at least 4 members (excludes halogenated alkanes) is 1. The summed E-state index contributed by atoms with van der Waals surface area (Å²) in [5, 5.41) is 14.0. The Morgan fingerprint density at radius 3 is 2.55 bits per heavy atom. The zero-order chi connectivity index (χ0) is 15.9. The van der Waals surface area contributed by atoms with E-state index in [4.69, 9.17) is 0 Å². The third-order valence-electron chi connectivity index (χ3n) is 3.51. The zero-order valence-electron chi connectivity index (χ0n) is 13.4. The average Bonchev–Trinajstić information content (AvgIpc) is 3.07. The molecule has 0 aliphatic heterocycles. The molecule has 0 aromatic carbocycles. The lowest BCUT2D eigenvalue weighted by atomic mass is 10.1. The van der Waals surface area contributed by atoms with Crippen molar-refractivity contribution >= 4 is 6.03 Å². The van der Waals surface area contributed by atoms with E-state index in [1.807, 2.05) is 39.6 Å². The number of carbonyl (C=O) groups is 1. The smallest absolute Gasteiger partial charge is 0.315 e. The van der Waals surface area contributed by atoms with E-state index >= 15 is 0 Å². The number of nitrogens with one attached hydrogen (secondary N) is 2. The Hall–Kier alpha value is -2.31. The lowest BCUT2D eigenvalue weighted by Gasteiger charge is -2.13. The quantitative estimate of drug-likeness (QED) is 0.762. The SMILES string of the molecule is C[C@@H](NC(=O)NCCCCc1cnn(C)c1)c1cnn(C)c1. The van der Waals surface area contributed by atoms with Gasteiger partial charge in [-0.15, -0.1) is 0 Å². The Balaban J connectivity index is 1.59. The predicted octanol–water partition coefficient (Wildman–Crippen LogP) is 1.54. The normalized spacial score (nSPS) is 12.1. The molecule has 2 N–H and O–H groups in total. The van der Waals surface area contributed by atoms with Crippen LogP contribution in [-0.4, -0.2) is 32.1 Å². The van der Waals surface area contributed by atoms with E-state index in [2.05, 4.69) is 20.8 Å². The summed E-state index contributed by atoms with van der Waals surface area (Å²) in [7, 11) is 3.78. The van der Waals surface area contributed by atoms with Gasteiger partial charge in [-0.05, 0) is 31.7 Å². The molecule has 0 spiro atoms. The molecule has 0 unspecified atom stereocenters. The number of urea groups is 1. The van der Waals surface area contributed by atoms with Crippen LogP contribution in [0.15, 0.2) is 24.8 Å². The van der Waals surface area contributed by atoms with Crippen LogP contribution >= 0.6 is 0 Å². The van der Waals surface area contributed by atoms with E-state index in [1.165, 1.54) is 5.56 Å². The number of aryl methyl sites for hydroxylation is 3. The van der Waals surface area contributed by atoms with E-state index in [0.29, 0.717) is 6.54 Å². The fourth-order valence-electron chi connectivity index (χ4n) is 2.25. The molecule has 0 aliphatic carbocycles. The van der Waals surface area contributed by atoms with Crippen molar-refractivity contribution < 1.29 is 4.79 Å². The number of hydrogen-bond donors (Lipinski definition) is 2. The minimum Gasteiger partial charge on any atom is -0.338 e. The molecule has 120 valence electrons. The second-order valence-electron chi connectivity index (χ2n) is 5.55. The molecule has 1 atom stereocenters. The van der Waals surface area contributed by atoms with Gasteiger partial charge in [0.15, 0.2) is 0 Å². The van der Waals surface area contributed by atoms with Crippen molar-refractivity contribution in [2.24, 2.45) is 14.1 Å². The van der Waals surface area contributed by atoms with Crippen LogP contribution in [0.2, 0.25) is 0 Å². The second-order valence-corrected chi connectivity index (χ2v) is 5.55. The van der Waals surface area contributed by atoms with E-state index in [1.54, 1.807) is 15.6 Å². The van der Waals surface area contributed by atoms with Crippen LogP contribution < -0.4 is 10.6 Å². The molecule has 22 heavy (non-hydrogen) atoms. The first kappa shape index (κ1) is 16.1. The van der Waals surface area contributed by atoms with E-state index < -0.39 is 0 Å². The highest BCUT2D eigenvalue weighted by atomic mass is 16.2. The third kappa shape index (κ3) is 4.91. The van der Waals surface area contributed by atoms with E-state index in [9.17, 15) is 4.79 Å². The topological polar surface area (TPSA) is 76.8 Å². The van der Waals surface area contributed by atoms with Gasteiger partial charge in [-0.2, -0.15) is 10.2 Å². The highest BCUT2D eigenvalue weighted by Crippen LogP contribution is 2.09. The van der Waals surface area contributed by atoms with Crippen LogP contribution in [0, 0.1) is 0 Å². The lowest BCUT2D eigenvalue weighted by molar-refractivity contribution is 0.237. The first-order valence-electron chi connectivity index (χ1n) is 7.55. The maximum Gasteiger partial charge on any atom is 0.315 e. The summed E-state index contributed by atoms with van der Waals surface area (Å²) in [5.74, 6) is 0. The molecule has 0 bridgehead atoms. The minimum absolute atomic E-state index is 0.0518. The summed E-state index contributed by atoms with van der Waals surface area (Å²) in [4.78, 5) is 11.8. The van der Waals surface area contributed by atoms with Gasteiger partial charge in [-0.25, -0.2) is 4.79 Å². The molecule has 0 fully saturated rings. The van der Waals surface area contributed by atoms with Crippen molar-refractivity contribution in [3.05, 3.63) is 35.9 Å². The highest BCUT2D eigenvalue weighted by Gasteiger charge is 2.10. The Morgan fingerprint density at radius 1 is 1.18 bits per heavy atom. The lowest BCUT2D eigenvalue weighted by Crippen LogP contribution is -2.37. The van der Waals surface area contributed by atoms with Crippen molar-refractivity contribution in [3.8, 4) is 0 Å². The van der Waals surface area contributed by atoms with Crippen molar-refractivity contribution in [3.63, 3.8) is 0 Å². The Bertz CT molecular complexity index is 603. The first-order chi connectivity index (χ1) is 10.5. The van der Waals surface area contributed by atoms with Gasteiger partial charge in [-0.1, -0.05) is 0 Å². The summed E-state index contributed by atoms with van der Waals surface area (Å²) < 4.78 is 3.53. The molecule has 2 aromatic heterocycles. The van der Waals surface area contributed by atoms with Gasteiger partial charge in [0.1, 0.15) is 0 Å². The molecule has 2 amide bonds. The molecule has 0 aliphatic rings. The van der Waals surface area contributed by atoms with Crippen LogP contribution in [-0.2, 0) is 20.5 Å². The fourth-order valence-corrected chi connectivity index (χ4v) is 2.25. The Morgan fingerprint density at radius 2 is 1.91 bits per heavy atom. The fraction of sp³-hybridized carbons (Fsp3) is 0.533. The minimum atomic E-state index is -0.141. The third-order valence-corrected chi connectivity index (χ3v) is 3.51. The van der Waals surface area contributed by atoms with Crippen molar-refractivity contribution in [2.45, 2.75) is 32.2 Å². The molecule has 0 saturated heterocycles. The summed E-state index contributed by atoms with van der Waals surface area (Å²) in [6.45, 7) is 2.62. The molecule has 7 heteroatoms. The average molecular weight is 304 g/mol. The van der Waals surface area contributed by atoms with Crippen molar-refractivity contribution in [1.82, 2.24) is 30.2 Å². The largest absolute Gasteiger partial charge is 0.338 e. The summed E-state index contributed by atoms with van der Waals surface area (Å²) in [6, 6.07) is -0.193. The summed E-state index contributed by atoms with van der Waals surface area (Å²) in [5.41, 5.74) is 2.23. The Kier molecular flexibility index (Phi) is 5.57. The van der Waals surface area contributed by atoms with E-state index in [-0.39, 0.29) is 12.1 Å². The number of nitrogens with zero attached hydrogens (tertiary/aromatic N) is 4. The van der Waals surface area contributed by atoms with Crippen LogP contribution in [0.25, 0.3) is 0 Å². The maximum atomic E-state index is 11.8. The summed E-state index contributed by atoms with van der Waals surface area (Å²) in [6.07, 6.45) is 10.5. The molecule has 2 aromatic rings. The molecular formula is C15H24N6O. The van der Waals surface area contributed by atoms with Crippen LogP contribution in [0.3, 0.4) is 0 Å². The molecule has 2 heterocycles. The van der Waals surface area contributed by atoms with Gasteiger partial charge >= 0.3 is 6.03 Å². The van der Waals surface area contributed by atoms with Crippen molar-refractivity contribution in [2.75, 3.05) is 6.54 Å². The Labute approximate surface area is 130 Å². The van der Waals surface area contributed by atoms with Gasteiger partial charge < -0.3 is 10.6 Å². The summed E-state index contributed by atoms with van der Waals surface area (Å²) >= 11 is 0. The highest BCUT2D eigenvalue weighted by molar-refractivity contribution is 5.74. The standard InChI is InChI=1S/C15H24N6O/c1-12(14-9-18-21(3)11-14)19-15(22)16-7-5-4-6-13-8-17-20(2)10-13/h8-12H,4-7H2,1-3H3,(H2,16,19,22)/t12-/m1/s1. The number of hydrogen-bond acceptors (Lipinski definition) is 3. The zero-order valence-corrected chi connectivity index (χ0v) is 13.4. The predicted molar refractivity (Wildman–Crippen MR) is 84.3 cm³/mol. The van der Waals surface area contributed by atoms with Crippen LogP contribution in [0.1, 0.15) is 36.9 Å². The second kappa shape index (κ2) is 7.63. The van der Waals surface area contributed by atoms with Gasteiger partial charge in [0.05, 0.1) is 18.4 Å². The molecular weight excluding hydrogens is 280 g/mol. The number of amides is 2. The monoisotopic (exact) mass is 304 g/mol. The maximum absolute atomic E-state index is 11.8. The van der Waals surface area contributed by atoms with Gasteiger partial charge in [0, 0.05) is 38.6 Å². The first-order valence-corrected chi connectivity index (χ1v) is 7.55. The molecule has 7 nitrogen and oxygen atoms in total. The van der Waals surface area contributed by atoms with Gasteiger partial charge in [0.2, 0.25) is 0 Å². The molecule has 2 rings (SSSR count). The number of rotatable bonds is 7. The molecule has 0 saturated carbocycles. The van der Waals surface area contributed by atoms with Crippen LogP contribution in [0.5, 0.6) is 0 Å². The van der Waals surface area contributed by atoms with Crippen LogP contribution in [0.4, 0.5) is 4.79 Å². The number of carbonyl (C=O) groups excluding carboxylic acids is 1. The van der Waals surface area contributed by atoms with Gasteiger partial charge in [0.25, 0.3) is 0 Å². The molecule has 0 radical (unpaired) electrons. The number of aromatic nitrogens is 4.